The predicted molar refractivity (Wildman–Crippen MR) is 82.8 cm³/mol. The van der Waals surface area contributed by atoms with Crippen molar-refractivity contribution in [3.8, 4) is 11.5 Å². The maximum atomic E-state index is 12.8. The lowest BCUT2D eigenvalue weighted by atomic mass is 9.91. The molecule has 1 aromatic rings. The first-order valence-electron chi connectivity index (χ1n) is 7.27. The third-order valence-electron chi connectivity index (χ3n) is 3.89. The van der Waals surface area contributed by atoms with Gasteiger partial charge in [-0.15, -0.1) is 0 Å². The van der Waals surface area contributed by atoms with Crippen molar-refractivity contribution < 1.29 is 14.3 Å². The van der Waals surface area contributed by atoms with E-state index in [0.717, 1.165) is 19.5 Å². The van der Waals surface area contributed by atoms with E-state index in [4.69, 9.17) is 15.2 Å². The molecule has 116 valence electrons. The fourth-order valence-corrected chi connectivity index (χ4v) is 3.14. The van der Waals surface area contributed by atoms with Gasteiger partial charge < -0.3 is 20.1 Å². The Hall–Kier alpha value is -1.91. The summed E-state index contributed by atoms with van der Waals surface area (Å²) in [6.45, 7) is 5.88. The number of nitrogens with two attached hydrogens (primary N) is 1. The number of piperidine rings is 1. The molecule has 0 radical (unpaired) electrons. The summed E-state index contributed by atoms with van der Waals surface area (Å²) in [4.78, 5) is 14.7. The second kappa shape index (κ2) is 6.24. The number of hydrogen-bond donors (Lipinski definition) is 1. The molecule has 5 heteroatoms. The average Bonchev–Trinajstić information content (AvgIpc) is 2.44. The number of hydrogen-bond acceptors (Lipinski definition) is 4. The molecule has 21 heavy (non-hydrogen) atoms. The third-order valence-corrected chi connectivity index (χ3v) is 3.89. The van der Waals surface area contributed by atoms with Gasteiger partial charge in [0.25, 0.3) is 5.91 Å². The second-order valence-corrected chi connectivity index (χ2v) is 5.96. The molecule has 1 heterocycles. The molecule has 1 aromatic carbocycles. The van der Waals surface area contributed by atoms with Gasteiger partial charge in [-0.25, -0.2) is 0 Å². The van der Waals surface area contributed by atoms with E-state index in [1.54, 1.807) is 12.1 Å². The minimum atomic E-state index is -0.0455. The molecular formula is C16H24N2O3. The van der Waals surface area contributed by atoms with Crippen molar-refractivity contribution >= 4 is 11.6 Å². The Labute approximate surface area is 126 Å². The predicted octanol–water partition coefficient (Wildman–Crippen LogP) is 2.40. The number of methoxy groups -OCH3 is 2. The highest BCUT2D eigenvalue weighted by atomic mass is 16.5. The highest BCUT2D eigenvalue weighted by Gasteiger charge is 2.29. The first kappa shape index (κ1) is 15.5. The molecule has 0 spiro atoms. The van der Waals surface area contributed by atoms with Crippen LogP contribution in [0.4, 0.5) is 5.69 Å². The van der Waals surface area contributed by atoms with E-state index in [-0.39, 0.29) is 5.91 Å². The number of amides is 1. The molecule has 2 atom stereocenters. The zero-order valence-corrected chi connectivity index (χ0v) is 13.2. The number of carbonyl (C=O) groups is 1. The normalized spacial score (nSPS) is 22.0. The number of anilines is 1. The Balaban J connectivity index is 2.36. The molecule has 1 amide bonds. The van der Waals surface area contributed by atoms with Crippen molar-refractivity contribution in [2.45, 2.75) is 20.3 Å². The number of rotatable bonds is 3. The van der Waals surface area contributed by atoms with Gasteiger partial charge in [-0.3, -0.25) is 4.79 Å². The maximum Gasteiger partial charge on any atom is 0.257 e. The van der Waals surface area contributed by atoms with Crippen LogP contribution in [0.15, 0.2) is 12.1 Å². The fraction of sp³-hybridized carbons (Fsp3) is 0.562. The highest BCUT2D eigenvalue weighted by Crippen LogP contribution is 2.35. The lowest BCUT2D eigenvalue weighted by Gasteiger charge is -2.35. The monoisotopic (exact) mass is 292 g/mol. The van der Waals surface area contributed by atoms with Gasteiger partial charge in [-0.1, -0.05) is 13.8 Å². The number of nitrogens with zero attached hydrogens (tertiary/aromatic N) is 1. The van der Waals surface area contributed by atoms with Gasteiger partial charge in [0.05, 0.1) is 19.8 Å². The molecule has 0 aromatic heterocycles. The summed E-state index contributed by atoms with van der Waals surface area (Å²) in [7, 11) is 3.07. The second-order valence-electron chi connectivity index (χ2n) is 5.96. The first-order valence-corrected chi connectivity index (χ1v) is 7.27. The summed E-state index contributed by atoms with van der Waals surface area (Å²) >= 11 is 0. The lowest BCUT2D eigenvalue weighted by molar-refractivity contribution is 0.0619. The van der Waals surface area contributed by atoms with Crippen molar-refractivity contribution in [3.05, 3.63) is 17.7 Å². The van der Waals surface area contributed by atoms with E-state index in [0.29, 0.717) is 34.6 Å². The number of nitrogen functional groups attached to an aromatic ring is 1. The summed E-state index contributed by atoms with van der Waals surface area (Å²) in [5.41, 5.74) is 6.84. The lowest BCUT2D eigenvalue weighted by Crippen LogP contribution is -2.42. The first-order chi connectivity index (χ1) is 9.96. The van der Waals surface area contributed by atoms with Crippen LogP contribution in [0.25, 0.3) is 0 Å². The summed E-state index contributed by atoms with van der Waals surface area (Å²) in [6.07, 6.45) is 1.15. The largest absolute Gasteiger partial charge is 0.493 e. The third kappa shape index (κ3) is 3.23. The molecule has 5 nitrogen and oxygen atoms in total. The van der Waals surface area contributed by atoms with Gasteiger partial charge in [0.2, 0.25) is 0 Å². The molecule has 0 bridgehead atoms. The fourth-order valence-electron chi connectivity index (χ4n) is 3.14. The average molecular weight is 292 g/mol. The summed E-state index contributed by atoms with van der Waals surface area (Å²) in [5.74, 6) is 1.90. The summed E-state index contributed by atoms with van der Waals surface area (Å²) in [5, 5.41) is 0. The Bertz CT molecular complexity index is 520. The zero-order valence-electron chi connectivity index (χ0n) is 13.2. The molecule has 2 rings (SSSR count). The Morgan fingerprint density at radius 2 is 1.81 bits per heavy atom. The van der Waals surface area contributed by atoms with Crippen LogP contribution in [0, 0.1) is 11.8 Å². The van der Waals surface area contributed by atoms with E-state index >= 15 is 0 Å². The van der Waals surface area contributed by atoms with E-state index in [2.05, 4.69) is 13.8 Å². The van der Waals surface area contributed by atoms with Crippen LogP contribution in [0.3, 0.4) is 0 Å². The zero-order chi connectivity index (χ0) is 15.6. The standard InChI is InChI=1S/C16H24N2O3/c1-10-5-11(2)9-18(8-10)16(19)13-6-12(17)7-14(20-3)15(13)21-4/h6-7,10-11H,5,8-9,17H2,1-4H3. The van der Waals surface area contributed by atoms with E-state index < -0.39 is 0 Å². The van der Waals surface area contributed by atoms with Crippen molar-refractivity contribution in [2.75, 3.05) is 33.0 Å². The summed E-state index contributed by atoms with van der Waals surface area (Å²) in [6, 6.07) is 3.32. The minimum absolute atomic E-state index is 0.0455. The van der Waals surface area contributed by atoms with Gasteiger partial charge in [0, 0.05) is 24.8 Å². The number of carbonyl (C=O) groups excluding carboxylic acids is 1. The van der Waals surface area contributed by atoms with E-state index in [1.165, 1.54) is 14.2 Å². The minimum Gasteiger partial charge on any atom is -0.493 e. The van der Waals surface area contributed by atoms with Crippen molar-refractivity contribution in [3.63, 3.8) is 0 Å². The van der Waals surface area contributed by atoms with Crippen LogP contribution < -0.4 is 15.2 Å². The Kier molecular flexibility index (Phi) is 4.60. The number of ether oxygens (including phenoxy) is 2. The van der Waals surface area contributed by atoms with E-state index in [9.17, 15) is 4.79 Å². The molecule has 2 unspecified atom stereocenters. The van der Waals surface area contributed by atoms with Crippen molar-refractivity contribution in [1.29, 1.82) is 0 Å². The van der Waals surface area contributed by atoms with Gasteiger partial charge in [-0.2, -0.15) is 0 Å². The van der Waals surface area contributed by atoms with E-state index in [1.807, 2.05) is 4.90 Å². The molecule has 2 N–H and O–H groups in total. The SMILES string of the molecule is COc1cc(N)cc(C(=O)N2CC(C)CC(C)C2)c1OC. The molecule has 0 saturated carbocycles. The van der Waals surface area contributed by atoms with Gasteiger partial charge in [-0.05, 0) is 24.3 Å². The van der Waals surface area contributed by atoms with Crippen molar-refractivity contribution in [2.24, 2.45) is 11.8 Å². The smallest absolute Gasteiger partial charge is 0.257 e. The quantitative estimate of drug-likeness (QED) is 0.869. The van der Waals surface area contributed by atoms with Crippen LogP contribution in [0.2, 0.25) is 0 Å². The van der Waals surface area contributed by atoms with Crippen LogP contribution in [-0.4, -0.2) is 38.1 Å². The van der Waals surface area contributed by atoms with Gasteiger partial charge in [0.1, 0.15) is 0 Å². The topological polar surface area (TPSA) is 64.8 Å². The molecule has 1 saturated heterocycles. The van der Waals surface area contributed by atoms with Crippen LogP contribution >= 0.6 is 0 Å². The Morgan fingerprint density at radius 1 is 1.19 bits per heavy atom. The van der Waals surface area contributed by atoms with Gasteiger partial charge >= 0.3 is 0 Å². The summed E-state index contributed by atoms with van der Waals surface area (Å²) < 4.78 is 10.6. The molecular weight excluding hydrogens is 268 g/mol. The van der Waals surface area contributed by atoms with Gasteiger partial charge in [0.15, 0.2) is 11.5 Å². The molecule has 1 fully saturated rings. The van der Waals surface area contributed by atoms with Crippen LogP contribution in [0.1, 0.15) is 30.6 Å². The molecule has 1 aliphatic rings. The number of benzene rings is 1. The Morgan fingerprint density at radius 3 is 2.33 bits per heavy atom. The molecule has 0 aliphatic carbocycles. The highest BCUT2D eigenvalue weighted by molar-refractivity contribution is 5.99. The number of likely N-dealkylation sites (tertiary alicyclic amines) is 1. The van der Waals surface area contributed by atoms with Crippen LogP contribution in [0.5, 0.6) is 11.5 Å². The molecule has 1 aliphatic heterocycles. The van der Waals surface area contributed by atoms with Crippen LogP contribution in [-0.2, 0) is 0 Å². The maximum absolute atomic E-state index is 12.8. The van der Waals surface area contributed by atoms with Crippen molar-refractivity contribution in [1.82, 2.24) is 4.90 Å².